The second-order valence-electron chi connectivity index (χ2n) is 6.33. The Balaban J connectivity index is 2.06. The molecule has 0 unspecified atom stereocenters. The predicted molar refractivity (Wildman–Crippen MR) is 90.8 cm³/mol. The minimum Gasteiger partial charge on any atom is -0.345 e. The van der Waals surface area contributed by atoms with Crippen LogP contribution in [0.1, 0.15) is 55.5 Å². The summed E-state index contributed by atoms with van der Waals surface area (Å²) in [5.41, 5.74) is 7.52. The van der Waals surface area contributed by atoms with Crippen LogP contribution in [0.5, 0.6) is 0 Å². The second-order valence-corrected chi connectivity index (χ2v) is 6.33. The Labute approximate surface area is 134 Å². The van der Waals surface area contributed by atoms with Gasteiger partial charge in [0.25, 0.3) is 5.91 Å². The molecule has 22 heavy (non-hydrogen) atoms. The van der Waals surface area contributed by atoms with E-state index in [-0.39, 0.29) is 11.4 Å². The molecule has 122 valence electrons. The van der Waals surface area contributed by atoms with Crippen molar-refractivity contribution in [1.82, 2.24) is 10.2 Å². The summed E-state index contributed by atoms with van der Waals surface area (Å²) in [6, 6.07) is 7.98. The summed E-state index contributed by atoms with van der Waals surface area (Å²) in [5.74, 6) is -0.0163. The van der Waals surface area contributed by atoms with Gasteiger partial charge >= 0.3 is 0 Å². The maximum atomic E-state index is 12.5. The first-order valence-electron chi connectivity index (χ1n) is 8.46. The lowest BCUT2D eigenvalue weighted by Crippen LogP contribution is -2.52. The number of nitrogens with zero attached hydrogens (tertiary/aromatic N) is 1. The molecule has 0 aromatic heterocycles. The molecule has 0 bridgehead atoms. The van der Waals surface area contributed by atoms with E-state index in [1.165, 1.54) is 31.5 Å². The van der Waals surface area contributed by atoms with Crippen molar-refractivity contribution in [3.05, 3.63) is 35.4 Å². The molecule has 1 fully saturated rings. The smallest absolute Gasteiger partial charge is 0.251 e. The van der Waals surface area contributed by atoms with E-state index in [0.29, 0.717) is 6.54 Å². The van der Waals surface area contributed by atoms with Crippen LogP contribution in [0.3, 0.4) is 0 Å². The van der Waals surface area contributed by atoms with Crippen LogP contribution in [0.25, 0.3) is 0 Å². The zero-order chi connectivity index (χ0) is 16.0. The summed E-state index contributed by atoms with van der Waals surface area (Å²) in [7, 11) is 0. The largest absolute Gasteiger partial charge is 0.345 e. The van der Waals surface area contributed by atoms with Crippen molar-refractivity contribution in [3.63, 3.8) is 0 Å². The van der Waals surface area contributed by atoms with Gasteiger partial charge in [0.15, 0.2) is 0 Å². The van der Waals surface area contributed by atoms with Crippen LogP contribution < -0.4 is 11.1 Å². The second kappa shape index (κ2) is 7.75. The summed E-state index contributed by atoms with van der Waals surface area (Å²) < 4.78 is 0. The molecule has 1 aromatic carbocycles. The zero-order valence-corrected chi connectivity index (χ0v) is 13.9. The lowest BCUT2D eigenvalue weighted by molar-refractivity contribution is 0.0895. The Morgan fingerprint density at radius 1 is 1.27 bits per heavy atom. The van der Waals surface area contributed by atoms with E-state index in [0.717, 1.165) is 24.9 Å². The van der Waals surface area contributed by atoms with E-state index in [9.17, 15) is 4.79 Å². The minimum absolute atomic E-state index is 0.0163. The maximum Gasteiger partial charge on any atom is 0.251 e. The van der Waals surface area contributed by atoms with Crippen molar-refractivity contribution in [3.8, 4) is 0 Å². The molecule has 0 saturated carbocycles. The van der Waals surface area contributed by atoms with Gasteiger partial charge in [-0.1, -0.05) is 26.0 Å². The molecule has 0 radical (unpaired) electrons. The number of carbonyl (C=O) groups excluding carboxylic acids is 1. The van der Waals surface area contributed by atoms with Gasteiger partial charge in [0, 0.05) is 18.7 Å². The summed E-state index contributed by atoms with van der Waals surface area (Å²) in [4.78, 5) is 15.0. The number of likely N-dealkylation sites (tertiary alicyclic amines) is 1. The van der Waals surface area contributed by atoms with Crippen LogP contribution in [-0.2, 0) is 6.54 Å². The highest BCUT2D eigenvalue weighted by Gasteiger charge is 2.26. The lowest BCUT2D eigenvalue weighted by Gasteiger charge is -2.31. The minimum atomic E-state index is -0.290. The van der Waals surface area contributed by atoms with Crippen molar-refractivity contribution in [2.45, 2.75) is 51.6 Å². The number of nitrogens with two attached hydrogens (primary N) is 1. The molecule has 1 aliphatic rings. The quantitative estimate of drug-likeness (QED) is 0.814. The first kappa shape index (κ1) is 17.0. The van der Waals surface area contributed by atoms with Crippen molar-refractivity contribution in [2.75, 3.05) is 19.6 Å². The highest BCUT2D eigenvalue weighted by molar-refractivity contribution is 5.94. The number of carbonyl (C=O) groups is 1. The molecule has 1 heterocycles. The molecule has 0 aliphatic carbocycles. The fraction of sp³-hybridized carbons (Fsp3) is 0.611. The van der Waals surface area contributed by atoms with Crippen LogP contribution in [0, 0.1) is 0 Å². The van der Waals surface area contributed by atoms with Crippen LogP contribution in [0.2, 0.25) is 0 Å². The molecule has 1 amide bonds. The van der Waals surface area contributed by atoms with Crippen LogP contribution in [-0.4, -0.2) is 36.0 Å². The third-order valence-electron chi connectivity index (χ3n) is 4.92. The summed E-state index contributed by atoms with van der Waals surface area (Å²) in [6.07, 6.45) is 4.26. The zero-order valence-electron chi connectivity index (χ0n) is 13.9. The number of benzene rings is 1. The average molecular weight is 303 g/mol. The molecule has 4 nitrogen and oxygen atoms in total. The van der Waals surface area contributed by atoms with Crippen LogP contribution >= 0.6 is 0 Å². The van der Waals surface area contributed by atoms with Gasteiger partial charge in [-0.2, -0.15) is 0 Å². The van der Waals surface area contributed by atoms with Gasteiger partial charge in [0.05, 0.1) is 5.54 Å². The Bertz CT molecular complexity index is 483. The third kappa shape index (κ3) is 4.08. The van der Waals surface area contributed by atoms with E-state index in [2.05, 4.69) is 30.1 Å². The van der Waals surface area contributed by atoms with Gasteiger partial charge in [0.2, 0.25) is 0 Å². The number of hydrogen-bond donors (Lipinski definition) is 2. The van der Waals surface area contributed by atoms with Crippen molar-refractivity contribution in [2.24, 2.45) is 5.73 Å². The molecule has 3 N–H and O–H groups in total. The first-order valence-corrected chi connectivity index (χ1v) is 8.46. The van der Waals surface area contributed by atoms with Crippen LogP contribution in [0.15, 0.2) is 24.3 Å². The molecular formula is C18H29N3O. The molecular weight excluding hydrogens is 274 g/mol. The van der Waals surface area contributed by atoms with E-state index in [1.54, 1.807) is 0 Å². The van der Waals surface area contributed by atoms with Gasteiger partial charge in [-0.3, -0.25) is 9.69 Å². The SMILES string of the molecule is CCC(CC)(CN)NC(=O)c1cccc(CN2CCCC2)c1. The fourth-order valence-corrected chi connectivity index (χ4v) is 3.09. The number of rotatable bonds is 7. The Hall–Kier alpha value is -1.39. The average Bonchev–Trinajstić information content (AvgIpc) is 3.06. The predicted octanol–water partition coefficient (Wildman–Crippen LogP) is 2.53. The molecule has 4 heteroatoms. The summed E-state index contributed by atoms with van der Waals surface area (Å²) >= 11 is 0. The standard InChI is InChI=1S/C18H29N3O/c1-3-18(4-2,14-19)20-17(22)16-9-7-8-15(12-16)13-21-10-5-6-11-21/h7-9,12H,3-6,10-11,13-14,19H2,1-2H3,(H,20,22). The lowest BCUT2D eigenvalue weighted by atomic mass is 9.92. The van der Waals surface area contributed by atoms with Gasteiger partial charge < -0.3 is 11.1 Å². The topological polar surface area (TPSA) is 58.4 Å². The highest BCUT2D eigenvalue weighted by Crippen LogP contribution is 2.17. The Morgan fingerprint density at radius 3 is 2.55 bits per heavy atom. The number of amides is 1. The monoisotopic (exact) mass is 303 g/mol. The van der Waals surface area contributed by atoms with E-state index >= 15 is 0 Å². The van der Waals surface area contributed by atoms with E-state index < -0.39 is 0 Å². The summed E-state index contributed by atoms with van der Waals surface area (Å²) in [5, 5.41) is 3.14. The summed E-state index contributed by atoms with van der Waals surface area (Å²) in [6.45, 7) is 7.88. The van der Waals surface area contributed by atoms with Crippen molar-refractivity contribution < 1.29 is 4.79 Å². The van der Waals surface area contributed by atoms with Gasteiger partial charge in [-0.15, -0.1) is 0 Å². The molecule has 1 saturated heterocycles. The van der Waals surface area contributed by atoms with Crippen molar-refractivity contribution in [1.29, 1.82) is 0 Å². The van der Waals surface area contributed by atoms with E-state index in [4.69, 9.17) is 5.73 Å². The molecule has 1 aromatic rings. The van der Waals surface area contributed by atoms with Gasteiger partial charge in [0.1, 0.15) is 0 Å². The maximum absolute atomic E-state index is 12.5. The number of nitrogens with one attached hydrogen (secondary N) is 1. The molecule has 2 rings (SSSR count). The first-order chi connectivity index (χ1) is 10.6. The highest BCUT2D eigenvalue weighted by atomic mass is 16.1. The van der Waals surface area contributed by atoms with Crippen LogP contribution in [0.4, 0.5) is 0 Å². The van der Waals surface area contributed by atoms with Gasteiger partial charge in [-0.05, 0) is 56.5 Å². The number of hydrogen-bond acceptors (Lipinski definition) is 3. The molecule has 0 spiro atoms. The molecule has 0 atom stereocenters. The Morgan fingerprint density at radius 2 is 1.95 bits per heavy atom. The van der Waals surface area contributed by atoms with E-state index in [1.807, 2.05) is 18.2 Å². The normalized spacial score (nSPS) is 16.0. The fourth-order valence-electron chi connectivity index (χ4n) is 3.09. The van der Waals surface area contributed by atoms with Crippen molar-refractivity contribution >= 4 is 5.91 Å². The molecule has 1 aliphatic heterocycles. The Kier molecular flexibility index (Phi) is 5.98. The van der Waals surface area contributed by atoms with Gasteiger partial charge in [-0.25, -0.2) is 0 Å². The third-order valence-corrected chi connectivity index (χ3v) is 4.92.